The molecule has 0 N–H and O–H groups in total. The molecule has 2 aromatic rings. The summed E-state index contributed by atoms with van der Waals surface area (Å²) in [6.45, 7) is 9.69. The quantitative estimate of drug-likeness (QED) is 0.756. The number of methoxy groups -OCH3 is 1. The number of hydrogen-bond donors (Lipinski definition) is 0. The van der Waals surface area contributed by atoms with E-state index in [4.69, 9.17) is 9.72 Å². The summed E-state index contributed by atoms with van der Waals surface area (Å²) in [5.41, 5.74) is 0. The van der Waals surface area contributed by atoms with Crippen LogP contribution in [0.2, 0.25) is 0 Å². The van der Waals surface area contributed by atoms with E-state index >= 15 is 0 Å². The third kappa shape index (κ3) is 4.09. The molecule has 2 aliphatic rings. The highest BCUT2D eigenvalue weighted by molar-refractivity contribution is 5.53. The summed E-state index contributed by atoms with van der Waals surface area (Å²) >= 11 is 0. The van der Waals surface area contributed by atoms with Gasteiger partial charge in [-0.3, -0.25) is 0 Å². The lowest BCUT2D eigenvalue weighted by Crippen LogP contribution is -2.47. The number of aryl methyl sites for hydroxylation is 1. The van der Waals surface area contributed by atoms with E-state index in [1.807, 2.05) is 13.0 Å². The first kappa shape index (κ1) is 18.7. The molecule has 2 saturated heterocycles. The lowest BCUT2D eigenvalue weighted by Gasteiger charge is -2.37. The van der Waals surface area contributed by atoms with Gasteiger partial charge in [0, 0.05) is 64.5 Å². The molecule has 0 amide bonds. The summed E-state index contributed by atoms with van der Waals surface area (Å²) in [5.74, 6) is 4.38. The molecule has 0 aromatic carbocycles. The van der Waals surface area contributed by atoms with E-state index < -0.39 is 0 Å². The van der Waals surface area contributed by atoms with E-state index in [9.17, 15) is 0 Å². The fourth-order valence-corrected chi connectivity index (χ4v) is 3.68. The van der Waals surface area contributed by atoms with Crippen LogP contribution in [0.3, 0.4) is 0 Å². The van der Waals surface area contributed by atoms with Gasteiger partial charge in [0.25, 0.3) is 0 Å². The van der Waals surface area contributed by atoms with Crippen molar-refractivity contribution in [3.8, 4) is 5.88 Å². The van der Waals surface area contributed by atoms with Crippen molar-refractivity contribution in [3.63, 3.8) is 0 Å². The topological polar surface area (TPSA) is 73.8 Å². The first-order valence-corrected chi connectivity index (χ1v) is 9.77. The smallest absolute Gasteiger partial charge is 0.218 e. The van der Waals surface area contributed by atoms with Crippen molar-refractivity contribution < 1.29 is 4.74 Å². The van der Waals surface area contributed by atoms with Gasteiger partial charge in [-0.2, -0.15) is 0 Å². The van der Waals surface area contributed by atoms with E-state index in [2.05, 4.69) is 47.7 Å². The molecule has 9 nitrogen and oxygen atoms in total. The van der Waals surface area contributed by atoms with Crippen LogP contribution in [0.5, 0.6) is 5.88 Å². The highest BCUT2D eigenvalue weighted by Crippen LogP contribution is 2.23. The van der Waals surface area contributed by atoms with Crippen LogP contribution in [-0.2, 0) is 0 Å². The summed E-state index contributed by atoms with van der Waals surface area (Å²) in [7, 11) is 3.79. The number of aromatic nitrogens is 4. The minimum atomic E-state index is 0.593. The average Bonchev–Trinajstić information content (AvgIpc) is 2.74. The number of ether oxygens (including phenoxy) is 1. The monoisotopic (exact) mass is 384 g/mol. The summed E-state index contributed by atoms with van der Waals surface area (Å²) in [6, 6.07) is 4.03. The van der Waals surface area contributed by atoms with Gasteiger partial charge in [-0.1, -0.05) is 0 Å². The van der Waals surface area contributed by atoms with E-state index in [0.29, 0.717) is 5.88 Å². The number of anilines is 3. The molecule has 4 rings (SSSR count). The number of rotatable bonds is 4. The van der Waals surface area contributed by atoms with Crippen molar-refractivity contribution >= 4 is 17.5 Å². The van der Waals surface area contributed by atoms with E-state index in [-0.39, 0.29) is 0 Å². The van der Waals surface area contributed by atoms with Crippen LogP contribution < -0.4 is 19.4 Å². The molecule has 28 heavy (non-hydrogen) atoms. The first-order chi connectivity index (χ1) is 13.6. The van der Waals surface area contributed by atoms with Gasteiger partial charge in [0.15, 0.2) is 0 Å². The van der Waals surface area contributed by atoms with Crippen LogP contribution >= 0.6 is 0 Å². The average molecular weight is 384 g/mol. The van der Waals surface area contributed by atoms with Crippen molar-refractivity contribution in [2.75, 3.05) is 81.2 Å². The second kappa shape index (κ2) is 8.14. The maximum atomic E-state index is 5.21. The Hall–Kier alpha value is -2.68. The third-order valence-corrected chi connectivity index (χ3v) is 5.40. The third-order valence-electron chi connectivity index (χ3n) is 5.40. The summed E-state index contributed by atoms with van der Waals surface area (Å²) in [5, 5.41) is 0. The Morgan fingerprint density at radius 2 is 1.29 bits per heavy atom. The van der Waals surface area contributed by atoms with Gasteiger partial charge in [0.05, 0.1) is 7.11 Å². The van der Waals surface area contributed by atoms with Crippen molar-refractivity contribution in [2.24, 2.45) is 0 Å². The molecule has 2 aliphatic heterocycles. The van der Waals surface area contributed by atoms with Crippen LogP contribution in [0, 0.1) is 6.92 Å². The predicted molar refractivity (Wildman–Crippen MR) is 109 cm³/mol. The van der Waals surface area contributed by atoms with Crippen LogP contribution in [0.15, 0.2) is 18.5 Å². The van der Waals surface area contributed by atoms with Crippen LogP contribution in [0.4, 0.5) is 17.5 Å². The molecule has 0 aliphatic carbocycles. The van der Waals surface area contributed by atoms with Gasteiger partial charge in [-0.25, -0.2) is 19.9 Å². The van der Waals surface area contributed by atoms with Crippen LogP contribution in [-0.4, -0.2) is 91.4 Å². The Labute approximate surface area is 166 Å². The van der Waals surface area contributed by atoms with E-state index in [1.165, 1.54) is 0 Å². The zero-order valence-corrected chi connectivity index (χ0v) is 16.9. The molecule has 150 valence electrons. The predicted octanol–water partition coefficient (Wildman–Crippen LogP) is 0.662. The Kier molecular flexibility index (Phi) is 5.43. The van der Waals surface area contributed by atoms with Crippen molar-refractivity contribution in [1.29, 1.82) is 0 Å². The van der Waals surface area contributed by atoms with Crippen molar-refractivity contribution in [1.82, 2.24) is 24.8 Å². The second-order valence-corrected chi connectivity index (χ2v) is 7.31. The maximum absolute atomic E-state index is 5.21. The first-order valence-electron chi connectivity index (χ1n) is 9.77. The lowest BCUT2D eigenvalue weighted by atomic mass is 10.3. The highest BCUT2D eigenvalue weighted by atomic mass is 16.5. The zero-order chi connectivity index (χ0) is 19.5. The Bertz CT molecular complexity index is 800. The molecule has 9 heteroatoms. The molecular weight excluding hydrogens is 356 g/mol. The highest BCUT2D eigenvalue weighted by Gasteiger charge is 2.22. The maximum Gasteiger partial charge on any atom is 0.218 e. The summed E-state index contributed by atoms with van der Waals surface area (Å²) < 4.78 is 5.21. The normalized spacial score (nSPS) is 18.5. The number of likely N-dealkylation sites (N-methyl/N-ethyl adjacent to an activating group) is 1. The van der Waals surface area contributed by atoms with Gasteiger partial charge in [-0.15, -0.1) is 0 Å². The molecule has 0 radical (unpaired) electrons. The second-order valence-electron chi connectivity index (χ2n) is 7.31. The molecule has 2 aromatic heterocycles. The molecular formula is C19H28N8O. The molecule has 0 spiro atoms. The molecule has 0 unspecified atom stereocenters. The fourth-order valence-electron chi connectivity index (χ4n) is 3.68. The molecule has 4 heterocycles. The van der Waals surface area contributed by atoms with Gasteiger partial charge in [0.2, 0.25) is 5.88 Å². The van der Waals surface area contributed by atoms with Gasteiger partial charge in [0.1, 0.15) is 29.6 Å². The molecule has 0 saturated carbocycles. The number of nitrogens with zero attached hydrogens (tertiary/aromatic N) is 8. The SMILES string of the molecule is COc1cc(N2CCN(c3cc(N4CCN(C)CC4)nc(C)n3)CC2)ncn1. The summed E-state index contributed by atoms with van der Waals surface area (Å²) in [6.07, 6.45) is 1.55. The van der Waals surface area contributed by atoms with E-state index in [0.717, 1.165) is 75.6 Å². The Morgan fingerprint density at radius 3 is 1.86 bits per heavy atom. The number of piperazine rings is 2. The van der Waals surface area contributed by atoms with Crippen LogP contribution in [0.25, 0.3) is 0 Å². The minimum Gasteiger partial charge on any atom is -0.481 e. The zero-order valence-electron chi connectivity index (χ0n) is 16.9. The van der Waals surface area contributed by atoms with Crippen molar-refractivity contribution in [2.45, 2.75) is 6.92 Å². The Balaban J connectivity index is 1.44. The minimum absolute atomic E-state index is 0.593. The van der Waals surface area contributed by atoms with Crippen LogP contribution in [0.1, 0.15) is 5.82 Å². The summed E-state index contributed by atoms with van der Waals surface area (Å²) in [4.78, 5) is 27.2. The van der Waals surface area contributed by atoms with Gasteiger partial charge >= 0.3 is 0 Å². The number of hydrogen-bond acceptors (Lipinski definition) is 9. The molecule has 0 bridgehead atoms. The largest absolute Gasteiger partial charge is 0.481 e. The standard InChI is InChI=1S/C19H28N8O/c1-15-22-17(26-6-4-24(2)5-7-26)12-18(23-15)27-10-8-25(9-11-27)16-13-19(28-3)21-14-20-16/h12-14H,4-11H2,1-3H3. The lowest BCUT2D eigenvalue weighted by molar-refractivity contribution is 0.312. The van der Waals surface area contributed by atoms with Gasteiger partial charge < -0.3 is 24.3 Å². The molecule has 2 fully saturated rings. The molecule has 0 atom stereocenters. The fraction of sp³-hybridized carbons (Fsp3) is 0.579. The van der Waals surface area contributed by atoms with Crippen molar-refractivity contribution in [3.05, 3.63) is 24.3 Å². The van der Waals surface area contributed by atoms with Gasteiger partial charge in [-0.05, 0) is 14.0 Å². The Morgan fingerprint density at radius 1 is 0.750 bits per heavy atom. The van der Waals surface area contributed by atoms with E-state index in [1.54, 1.807) is 13.4 Å².